The van der Waals surface area contributed by atoms with Crippen LogP contribution < -0.4 is 0 Å². The van der Waals surface area contributed by atoms with Gasteiger partial charge in [-0.25, -0.2) is 8.78 Å². The number of hydrogen-bond donors (Lipinski definition) is 0. The van der Waals surface area contributed by atoms with Gasteiger partial charge < -0.3 is 0 Å². The summed E-state index contributed by atoms with van der Waals surface area (Å²) in [6.45, 7) is 0. The maximum absolute atomic E-state index is 13.8. The monoisotopic (exact) mass is 375 g/mol. The van der Waals surface area contributed by atoms with Gasteiger partial charge in [0.2, 0.25) is 0 Å². The Morgan fingerprint density at radius 2 is 1.67 bits per heavy atom. The van der Waals surface area contributed by atoms with Crippen molar-refractivity contribution in [1.82, 2.24) is 4.98 Å². The fourth-order valence-electron chi connectivity index (χ4n) is 1.68. The molecule has 0 saturated carbocycles. The molecule has 2 aromatic rings. The van der Waals surface area contributed by atoms with E-state index in [0.29, 0.717) is 10.9 Å². The van der Waals surface area contributed by atoms with Gasteiger partial charge in [-0.1, -0.05) is 31.9 Å². The van der Waals surface area contributed by atoms with Crippen LogP contribution in [0.1, 0.15) is 16.0 Å². The number of nitrogens with zero attached hydrogens (tertiary/aromatic N) is 1. The molecule has 0 bridgehead atoms. The molecule has 1 unspecified atom stereocenters. The maximum Gasteiger partial charge on any atom is 0.131 e. The molecular weight excluding hydrogens is 368 g/mol. The molecule has 0 aliphatic heterocycles. The molecule has 2 rings (SSSR count). The van der Waals surface area contributed by atoms with Crippen LogP contribution in [0.25, 0.3) is 0 Å². The first-order chi connectivity index (χ1) is 8.58. The molecule has 1 aromatic heterocycles. The molecule has 0 N–H and O–H groups in total. The number of aromatic nitrogens is 1. The van der Waals surface area contributed by atoms with Gasteiger partial charge in [0.1, 0.15) is 11.6 Å². The SMILES string of the molecule is Fc1cc(Br)cc(F)c1C(Br)Cc1ccncc1. The first kappa shape index (κ1) is 13.6. The molecule has 18 heavy (non-hydrogen) atoms. The minimum Gasteiger partial charge on any atom is -0.265 e. The van der Waals surface area contributed by atoms with E-state index in [1.165, 1.54) is 12.1 Å². The molecule has 5 heteroatoms. The molecule has 0 saturated heterocycles. The molecule has 0 amide bonds. The van der Waals surface area contributed by atoms with Crippen LogP contribution in [0.2, 0.25) is 0 Å². The summed E-state index contributed by atoms with van der Waals surface area (Å²) in [5.41, 5.74) is 1.02. The van der Waals surface area contributed by atoms with Crippen LogP contribution in [-0.4, -0.2) is 4.98 Å². The number of benzene rings is 1. The highest BCUT2D eigenvalue weighted by molar-refractivity contribution is 9.10. The van der Waals surface area contributed by atoms with Gasteiger partial charge in [-0.15, -0.1) is 0 Å². The van der Waals surface area contributed by atoms with Crippen LogP contribution in [0.3, 0.4) is 0 Å². The van der Waals surface area contributed by atoms with Crippen LogP contribution in [-0.2, 0) is 6.42 Å². The van der Waals surface area contributed by atoms with Crippen LogP contribution in [0, 0.1) is 11.6 Å². The van der Waals surface area contributed by atoms with E-state index >= 15 is 0 Å². The van der Waals surface area contributed by atoms with Crippen LogP contribution in [0.4, 0.5) is 8.78 Å². The number of hydrogen-bond acceptors (Lipinski definition) is 1. The van der Waals surface area contributed by atoms with Crippen molar-refractivity contribution < 1.29 is 8.78 Å². The van der Waals surface area contributed by atoms with E-state index in [1.54, 1.807) is 12.4 Å². The lowest BCUT2D eigenvalue weighted by atomic mass is 10.0. The lowest BCUT2D eigenvalue weighted by molar-refractivity contribution is 0.552. The van der Waals surface area contributed by atoms with Gasteiger partial charge in [-0.3, -0.25) is 4.98 Å². The van der Waals surface area contributed by atoms with Crippen molar-refractivity contribution in [2.75, 3.05) is 0 Å². The van der Waals surface area contributed by atoms with Crippen molar-refractivity contribution >= 4 is 31.9 Å². The Kier molecular flexibility index (Phi) is 4.45. The van der Waals surface area contributed by atoms with Crippen molar-refractivity contribution in [2.45, 2.75) is 11.2 Å². The Labute approximate surface area is 121 Å². The lowest BCUT2D eigenvalue weighted by Crippen LogP contribution is -2.02. The molecule has 1 atom stereocenters. The van der Waals surface area contributed by atoms with E-state index in [-0.39, 0.29) is 5.56 Å². The van der Waals surface area contributed by atoms with Crippen molar-refractivity contribution in [3.63, 3.8) is 0 Å². The Bertz CT molecular complexity index is 523. The molecule has 0 spiro atoms. The number of alkyl halides is 1. The zero-order valence-electron chi connectivity index (χ0n) is 9.21. The summed E-state index contributed by atoms with van der Waals surface area (Å²) >= 11 is 6.39. The normalized spacial score (nSPS) is 12.4. The van der Waals surface area contributed by atoms with Gasteiger partial charge in [-0.05, 0) is 36.2 Å². The summed E-state index contributed by atoms with van der Waals surface area (Å²) in [5.74, 6) is -1.12. The van der Waals surface area contributed by atoms with E-state index in [2.05, 4.69) is 36.8 Å². The fraction of sp³-hybridized carbons (Fsp3) is 0.154. The summed E-state index contributed by atoms with van der Waals surface area (Å²) in [6.07, 6.45) is 3.81. The van der Waals surface area contributed by atoms with E-state index in [9.17, 15) is 8.78 Å². The predicted molar refractivity (Wildman–Crippen MR) is 73.7 cm³/mol. The molecule has 1 nitrogen and oxygen atoms in total. The van der Waals surface area contributed by atoms with Crippen LogP contribution >= 0.6 is 31.9 Å². The highest BCUT2D eigenvalue weighted by Gasteiger charge is 2.19. The zero-order valence-corrected chi connectivity index (χ0v) is 12.4. The van der Waals surface area contributed by atoms with Gasteiger partial charge in [0.25, 0.3) is 0 Å². The predicted octanol–water partition coefficient (Wildman–Crippen LogP) is 4.80. The average molecular weight is 377 g/mol. The molecule has 1 aromatic carbocycles. The number of rotatable bonds is 3. The Morgan fingerprint density at radius 1 is 1.11 bits per heavy atom. The molecule has 0 aliphatic rings. The summed E-state index contributed by atoms with van der Waals surface area (Å²) in [5, 5.41) is 0. The first-order valence-electron chi connectivity index (χ1n) is 5.25. The van der Waals surface area contributed by atoms with Gasteiger partial charge in [0.15, 0.2) is 0 Å². The summed E-state index contributed by atoms with van der Waals surface area (Å²) in [4.78, 5) is 3.49. The largest absolute Gasteiger partial charge is 0.265 e. The van der Waals surface area contributed by atoms with Gasteiger partial charge in [0.05, 0.1) is 0 Å². The topological polar surface area (TPSA) is 12.9 Å². The Morgan fingerprint density at radius 3 is 2.22 bits per heavy atom. The third-order valence-corrected chi connectivity index (χ3v) is 3.76. The van der Waals surface area contributed by atoms with Crippen molar-refractivity contribution in [3.8, 4) is 0 Å². The first-order valence-corrected chi connectivity index (χ1v) is 6.96. The van der Waals surface area contributed by atoms with Gasteiger partial charge in [0, 0.05) is 27.3 Å². The molecule has 0 fully saturated rings. The third kappa shape index (κ3) is 3.14. The standard InChI is InChI=1S/C13H9Br2F2N/c14-9-6-11(16)13(12(17)7-9)10(15)5-8-1-3-18-4-2-8/h1-4,6-7,10H,5H2. The second-order valence-corrected chi connectivity index (χ2v) is 5.83. The third-order valence-electron chi connectivity index (χ3n) is 2.52. The van der Waals surface area contributed by atoms with Crippen molar-refractivity contribution in [1.29, 1.82) is 0 Å². The summed E-state index contributed by atoms with van der Waals surface area (Å²) in [7, 11) is 0. The minimum absolute atomic E-state index is 0.0509. The Balaban J connectivity index is 2.27. The quantitative estimate of drug-likeness (QED) is 0.701. The maximum atomic E-state index is 13.8. The van der Waals surface area contributed by atoms with E-state index in [0.717, 1.165) is 5.56 Å². The van der Waals surface area contributed by atoms with E-state index < -0.39 is 16.5 Å². The Hall–Kier alpha value is -0.810. The van der Waals surface area contributed by atoms with Crippen molar-refractivity contribution in [3.05, 3.63) is 63.9 Å². The van der Waals surface area contributed by atoms with Crippen molar-refractivity contribution in [2.24, 2.45) is 0 Å². The van der Waals surface area contributed by atoms with E-state index in [4.69, 9.17) is 0 Å². The molecule has 1 heterocycles. The molecule has 0 aliphatic carbocycles. The fourth-order valence-corrected chi connectivity index (χ4v) is 2.89. The molecule has 94 valence electrons. The number of pyridine rings is 1. The zero-order chi connectivity index (χ0) is 13.1. The highest BCUT2D eigenvalue weighted by Crippen LogP contribution is 2.32. The second kappa shape index (κ2) is 5.89. The minimum atomic E-state index is -0.558. The van der Waals surface area contributed by atoms with E-state index in [1.807, 2.05) is 12.1 Å². The van der Waals surface area contributed by atoms with Gasteiger partial charge in [-0.2, -0.15) is 0 Å². The summed E-state index contributed by atoms with van der Waals surface area (Å²) < 4.78 is 27.9. The smallest absolute Gasteiger partial charge is 0.131 e. The lowest BCUT2D eigenvalue weighted by Gasteiger charge is -2.12. The van der Waals surface area contributed by atoms with Gasteiger partial charge >= 0.3 is 0 Å². The summed E-state index contributed by atoms with van der Waals surface area (Å²) in [6, 6.07) is 6.17. The molecule has 0 radical (unpaired) electrons. The average Bonchev–Trinajstić information content (AvgIpc) is 2.28. The number of halogens is 4. The molecular formula is C13H9Br2F2N. The highest BCUT2D eigenvalue weighted by atomic mass is 79.9. The van der Waals surface area contributed by atoms with Crippen LogP contribution in [0.15, 0.2) is 41.1 Å². The second-order valence-electron chi connectivity index (χ2n) is 3.81. The van der Waals surface area contributed by atoms with Crippen LogP contribution in [0.5, 0.6) is 0 Å².